The summed E-state index contributed by atoms with van der Waals surface area (Å²) < 4.78 is 4.86. The van der Waals surface area contributed by atoms with E-state index in [4.69, 9.17) is 11.6 Å². The van der Waals surface area contributed by atoms with Crippen LogP contribution in [0, 0.1) is 11.3 Å². The molecule has 0 amide bonds. The monoisotopic (exact) mass is 267 g/mol. The second-order valence-electron chi connectivity index (χ2n) is 4.60. The smallest absolute Gasteiger partial charge is 0.361 e. The third kappa shape index (κ3) is 3.46. The Hall–Kier alpha value is -1.57. The van der Waals surface area contributed by atoms with Crippen molar-refractivity contribution in [2.24, 2.45) is 0 Å². The second kappa shape index (κ2) is 5.85. The summed E-state index contributed by atoms with van der Waals surface area (Å²) in [5.74, 6) is -0.339. The van der Waals surface area contributed by atoms with Gasteiger partial charge in [0.2, 0.25) is 6.04 Å². The van der Waals surface area contributed by atoms with Crippen molar-refractivity contribution in [2.45, 2.75) is 6.04 Å². The molecular weight excluding hydrogens is 252 g/mol. The number of methoxy groups -OCH3 is 1. The van der Waals surface area contributed by atoms with Crippen LogP contribution >= 0.6 is 11.6 Å². The van der Waals surface area contributed by atoms with Gasteiger partial charge in [-0.3, -0.25) is 0 Å². The number of nitrogens with zero attached hydrogens (tertiary/aromatic N) is 2. The number of nitriles is 1. The lowest BCUT2D eigenvalue weighted by Gasteiger charge is -2.33. The van der Waals surface area contributed by atoms with E-state index in [1.54, 1.807) is 24.3 Å². The Kier molecular flexibility index (Phi) is 4.71. The molecule has 0 radical (unpaired) electrons. The van der Waals surface area contributed by atoms with Gasteiger partial charge in [-0.2, -0.15) is 5.26 Å². The molecule has 0 fully saturated rings. The molecular formula is C13H16ClN2O2+. The molecule has 0 aliphatic rings. The highest BCUT2D eigenvalue weighted by atomic mass is 35.5. The van der Waals surface area contributed by atoms with Crippen LogP contribution in [0.2, 0.25) is 5.02 Å². The van der Waals surface area contributed by atoms with Gasteiger partial charge < -0.3 is 9.22 Å². The van der Waals surface area contributed by atoms with Crippen LogP contribution in [0.15, 0.2) is 24.3 Å². The molecule has 0 aliphatic carbocycles. The third-order valence-corrected chi connectivity index (χ3v) is 3.02. The van der Waals surface area contributed by atoms with Crippen LogP contribution in [0.1, 0.15) is 11.6 Å². The topological polar surface area (TPSA) is 50.1 Å². The first-order chi connectivity index (χ1) is 8.40. The van der Waals surface area contributed by atoms with Gasteiger partial charge in [-0.25, -0.2) is 4.79 Å². The van der Waals surface area contributed by atoms with Gasteiger partial charge in [0, 0.05) is 10.6 Å². The summed E-state index contributed by atoms with van der Waals surface area (Å²) >= 11 is 5.82. The maximum atomic E-state index is 11.4. The van der Waals surface area contributed by atoms with Crippen LogP contribution in [0.5, 0.6) is 0 Å². The normalized spacial score (nSPS) is 12.6. The van der Waals surface area contributed by atoms with Crippen LogP contribution in [0.25, 0.3) is 0 Å². The van der Waals surface area contributed by atoms with Crippen molar-refractivity contribution in [3.05, 3.63) is 34.9 Å². The van der Waals surface area contributed by atoms with Gasteiger partial charge in [0.15, 0.2) is 6.54 Å². The number of hydrogen-bond donors (Lipinski definition) is 0. The maximum absolute atomic E-state index is 11.4. The molecule has 0 aromatic heterocycles. The van der Waals surface area contributed by atoms with E-state index in [9.17, 15) is 10.1 Å². The highest BCUT2D eigenvalue weighted by molar-refractivity contribution is 6.30. The van der Waals surface area contributed by atoms with Crippen molar-refractivity contribution < 1.29 is 14.0 Å². The molecule has 0 aliphatic heterocycles. The molecule has 1 atom stereocenters. The maximum Gasteiger partial charge on any atom is 0.361 e. The number of halogens is 1. The molecule has 1 aromatic rings. The van der Waals surface area contributed by atoms with Crippen LogP contribution < -0.4 is 0 Å². The van der Waals surface area contributed by atoms with Gasteiger partial charge in [0.25, 0.3) is 0 Å². The van der Waals surface area contributed by atoms with Gasteiger partial charge in [-0.15, -0.1) is 0 Å². The van der Waals surface area contributed by atoms with Crippen molar-refractivity contribution in [1.82, 2.24) is 0 Å². The first kappa shape index (κ1) is 14.5. The van der Waals surface area contributed by atoms with E-state index in [1.807, 2.05) is 14.1 Å². The minimum atomic E-state index is -0.443. The quantitative estimate of drug-likeness (QED) is 0.620. The molecule has 96 valence electrons. The molecule has 1 rings (SSSR count). The van der Waals surface area contributed by atoms with Gasteiger partial charge in [-0.05, 0) is 12.1 Å². The summed E-state index contributed by atoms with van der Waals surface area (Å²) in [6.45, 7) is 0.136. The van der Waals surface area contributed by atoms with Gasteiger partial charge in [0.1, 0.15) is 6.07 Å². The Balaban J connectivity index is 2.99. The summed E-state index contributed by atoms with van der Waals surface area (Å²) in [7, 11) is 4.98. The van der Waals surface area contributed by atoms with Gasteiger partial charge >= 0.3 is 5.97 Å². The van der Waals surface area contributed by atoms with Crippen molar-refractivity contribution in [2.75, 3.05) is 27.7 Å². The van der Waals surface area contributed by atoms with E-state index in [1.165, 1.54) is 7.11 Å². The predicted octanol–water partition coefficient (Wildman–Crippen LogP) is 2.15. The predicted molar refractivity (Wildman–Crippen MR) is 68.8 cm³/mol. The zero-order valence-electron chi connectivity index (χ0n) is 10.7. The summed E-state index contributed by atoms with van der Waals surface area (Å²) in [4.78, 5) is 11.4. The number of quaternary nitrogens is 1. The lowest BCUT2D eigenvalue weighted by Crippen LogP contribution is -2.46. The number of carbonyl (C=O) groups excluding carboxylic acids is 1. The van der Waals surface area contributed by atoms with Crippen LogP contribution in [0.4, 0.5) is 0 Å². The fourth-order valence-corrected chi connectivity index (χ4v) is 1.89. The number of rotatable bonds is 4. The summed E-state index contributed by atoms with van der Waals surface area (Å²) in [6.07, 6.45) is 0. The molecule has 1 aromatic carbocycles. The first-order valence-corrected chi connectivity index (χ1v) is 5.83. The fraction of sp³-hybridized carbons (Fsp3) is 0.385. The highest BCUT2D eigenvalue weighted by Gasteiger charge is 2.32. The Bertz CT molecular complexity index is 463. The molecule has 0 heterocycles. The zero-order chi connectivity index (χ0) is 13.8. The van der Waals surface area contributed by atoms with E-state index < -0.39 is 6.04 Å². The lowest BCUT2D eigenvalue weighted by molar-refractivity contribution is -0.905. The van der Waals surface area contributed by atoms with Crippen molar-refractivity contribution in [1.29, 1.82) is 5.26 Å². The molecule has 0 bridgehead atoms. The molecule has 0 N–H and O–H groups in total. The largest absolute Gasteiger partial charge is 0.465 e. The standard InChI is InChI=1S/C13H16ClN2O2/c1-16(2,9-13(17)18-3)12(8-15)10-4-6-11(14)7-5-10/h4-7,12H,9H2,1-3H3/q+1. The van der Waals surface area contributed by atoms with Crippen LogP contribution in [-0.4, -0.2) is 38.2 Å². The van der Waals surface area contributed by atoms with E-state index in [2.05, 4.69) is 10.8 Å². The Labute approximate surface area is 112 Å². The van der Waals surface area contributed by atoms with Gasteiger partial charge in [-0.1, -0.05) is 23.7 Å². The van der Waals surface area contributed by atoms with Gasteiger partial charge in [0.05, 0.1) is 21.2 Å². The Morgan fingerprint density at radius 2 is 2.00 bits per heavy atom. The van der Waals surface area contributed by atoms with Crippen molar-refractivity contribution in [3.8, 4) is 6.07 Å². The van der Waals surface area contributed by atoms with E-state index in [-0.39, 0.29) is 17.0 Å². The van der Waals surface area contributed by atoms with Crippen LogP contribution in [-0.2, 0) is 9.53 Å². The zero-order valence-corrected chi connectivity index (χ0v) is 11.4. The minimum absolute atomic E-state index is 0.136. The number of carbonyl (C=O) groups is 1. The number of ether oxygens (including phenoxy) is 1. The van der Waals surface area contributed by atoms with Crippen molar-refractivity contribution in [3.63, 3.8) is 0 Å². The average Bonchev–Trinajstić information content (AvgIpc) is 2.31. The Morgan fingerprint density at radius 3 is 2.44 bits per heavy atom. The highest BCUT2D eigenvalue weighted by Crippen LogP contribution is 2.25. The summed E-state index contributed by atoms with van der Waals surface area (Å²) in [6, 6.07) is 8.85. The molecule has 5 heteroatoms. The second-order valence-corrected chi connectivity index (χ2v) is 5.03. The van der Waals surface area contributed by atoms with E-state index >= 15 is 0 Å². The van der Waals surface area contributed by atoms with Crippen LogP contribution in [0.3, 0.4) is 0 Å². The fourth-order valence-electron chi connectivity index (χ4n) is 1.77. The molecule has 4 nitrogen and oxygen atoms in total. The summed E-state index contributed by atoms with van der Waals surface area (Å²) in [5, 5.41) is 9.94. The average molecular weight is 268 g/mol. The molecule has 0 spiro atoms. The number of likely N-dealkylation sites (N-methyl/N-ethyl adjacent to an activating group) is 1. The van der Waals surface area contributed by atoms with E-state index in [0.29, 0.717) is 5.02 Å². The first-order valence-electron chi connectivity index (χ1n) is 5.45. The molecule has 1 unspecified atom stereocenters. The minimum Gasteiger partial charge on any atom is -0.465 e. The van der Waals surface area contributed by atoms with Crippen molar-refractivity contribution >= 4 is 17.6 Å². The lowest BCUT2D eigenvalue weighted by atomic mass is 10.1. The number of benzene rings is 1. The SMILES string of the molecule is COC(=O)C[N+](C)(C)C(C#N)c1ccc(Cl)cc1. The van der Waals surface area contributed by atoms with E-state index in [0.717, 1.165) is 5.56 Å². The number of esters is 1. The molecule has 0 saturated carbocycles. The number of hydrogen-bond acceptors (Lipinski definition) is 3. The summed E-state index contributed by atoms with van der Waals surface area (Å²) in [5.41, 5.74) is 0.829. The molecule has 18 heavy (non-hydrogen) atoms. The third-order valence-electron chi connectivity index (χ3n) is 2.77. The Morgan fingerprint density at radius 1 is 1.44 bits per heavy atom. The molecule has 0 saturated heterocycles.